The maximum absolute atomic E-state index is 5.87. The topological polar surface area (TPSA) is 28.2 Å². The first kappa shape index (κ1) is 16.3. The molecule has 0 atom stereocenters. The molecule has 1 N–H and O–H groups in total. The summed E-state index contributed by atoms with van der Waals surface area (Å²) >= 11 is 9.32. The fourth-order valence-corrected chi connectivity index (χ4v) is 2.85. The van der Waals surface area contributed by atoms with Gasteiger partial charge in [-0.3, -0.25) is 0 Å². The quantitative estimate of drug-likeness (QED) is 0.733. The highest BCUT2D eigenvalue weighted by Gasteiger charge is 2.03. The Morgan fingerprint density at radius 2 is 2.05 bits per heavy atom. The zero-order chi connectivity index (χ0) is 15.1. The molecule has 0 bridgehead atoms. The summed E-state index contributed by atoms with van der Waals surface area (Å²) in [6.45, 7) is 2.89. The minimum Gasteiger partial charge on any atom is -0.369 e. The smallest absolute Gasteiger partial charge is 0.140 e. The van der Waals surface area contributed by atoms with E-state index in [0.717, 1.165) is 36.3 Å². The Morgan fingerprint density at radius 1 is 1.29 bits per heavy atom. The van der Waals surface area contributed by atoms with Gasteiger partial charge in [0.15, 0.2) is 0 Å². The van der Waals surface area contributed by atoms with Crippen LogP contribution in [0.25, 0.3) is 0 Å². The van der Waals surface area contributed by atoms with Gasteiger partial charge in [-0.05, 0) is 47.6 Å². The molecule has 1 aromatic carbocycles. The second-order valence-corrected chi connectivity index (χ2v) is 6.28. The van der Waals surface area contributed by atoms with E-state index < -0.39 is 0 Å². The molecule has 0 fully saturated rings. The van der Waals surface area contributed by atoms with Gasteiger partial charge in [0.2, 0.25) is 0 Å². The van der Waals surface area contributed by atoms with Crippen molar-refractivity contribution in [3.63, 3.8) is 0 Å². The van der Waals surface area contributed by atoms with E-state index in [2.05, 4.69) is 62.4 Å². The van der Waals surface area contributed by atoms with Crippen LogP contribution in [0.15, 0.2) is 47.1 Å². The van der Waals surface area contributed by atoms with Crippen LogP contribution >= 0.6 is 27.5 Å². The van der Waals surface area contributed by atoms with Crippen molar-refractivity contribution in [1.82, 2.24) is 9.88 Å². The SMILES string of the molecule is CN(CCCNc1ncc(Cl)cc1Br)Cc1ccccc1. The Bertz CT molecular complexity index is 563. The van der Waals surface area contributed by atoms with Gasteiger partial charge in [-0.25, -0.2) is 4.98 Å². The molecule has 3 nitrogen and oxygen atoms in total. The largest absolute Gasteiger partial charge is 0.369 e. The van der Waals surface area contributed by atoms with E-state index in [4.69, 9.17) is 11.6 Å². The molecule has 0 spiro atoms. The first-order valence-corrected chi connectivity index (χ1v) is 8.09. The van der Waals surface area contributed by atoms with Gasteiger partial charge in [-0.15, -0.1) is 0 Å². The lowest BCUT2D eigenvalue weighted by Crippen LogP contribution is -2.21. The summed E-state index contributed by atoms with van der Waals surface area (Å²) in [7, 11) is 2.14. The van der Waals surface area contributed by atoms with E-state index in [1.54, 1.807) is 6.20 Å². The summed E-state index contributed by atoms with van der Waals surface area (Å²) in [5, 5.41) is 3.95. The zero-order valence-electron chi connectivity index (χ0n) is 12.0. The van der Waals surface area contributed by atoms with Crippen molar-refractivity contribution in [1.29, 1.82) is 0 Å². The number of benzene rings is 1. The number of nitrogens with zero attached hydrogens (tertiary/aromatic N) is 2. The van der Waals surface area contributed by atoms with Crippen molar-refractivity contribution in [2.24, 2.45) is 0 Å². The zero-order valence-corrected chi connectivity index (χ0v) is 14.4. The van der Waals surface area contributed by atoms with E-state index in [9.17, 15) is 0 Å². The molecule has 0 saturated heterocycles. The summed E-state index contributed by atoms with van der Waals surface area (Å²) < 4.78 is 0.896. The maximum atomic E-state index is 5.87. The van der Waals surface area contributed by atoms with Gasteiger partial charge in [0, 0.05) is 19.3 Å². The number of hydrogen-bond donors (Lipinski definition) is 1. The summed E-state index contributed by atoms with van der Waals surface area (Å²) in [5.41, 5.74) is 1.34. The molecule has 1 aromatic heterocycles. The second-order valence-electron chi connectivity index (χ2n) is 4.99. The Balaban J connectivity index is 1.69. The van der Waals surface area contributed by atoms with Gasteiger partial charge in [0.25, 0.3) is 0 Å². The van der Waals surface area contributed by atoms with Gasteiger partial charge in [-0.2, -0.15) is 0 Å². The second kappa shape index (κ2) is 8.37. The highest BCUT2D eigenvalue weighted by Crippen LogP contribution is 2.22. The van der Waals surface area contributed by atoms with Crippen molar-refractivity contribution in [2.75, 3.05) is 25.5 Å². The third-order valence-electron chi connectivity index (χ3n) is 3.11. The Labute approximate surface area is 139 Å². The average Bonchev–Trinajstić information content (AvgIpc) is 2.46. The number of halogens is 2. The predicted octanol–water partition coefficient (Wildman–Crippen LogP) is 4.43. The number of rotatable bonds is 7. The van der Waals surface area contributed by atoms with E-state index in [0.29, 0.717) is 5.02 Å². The number of nitrogens with one attached hydrogen (secondary N) is 1. The normalized spacial score (nSPS) is 10.9. The van der Waals surface area contributed by atoms with Crippen LogP contribution < -0.4 is 5.32 Å². The van der Waals surface area contributed by atoms with Gasteiger partial charge in [-0.1, -0.05) is 41.9 Å². The molecule has 0 unspecified atom stereocenters. The summed E-state index contributed by atoms with van der Waals surface area (Å²) in [4.78, 5) is 6.58. The van der Waals surface area contributed by atoms with Gasteiger partial charge in [0.05, 0.1) is 9.50 Å². The lowest BCUT2D eigenvalue weighted by molar-refractivity contribution is 0.325. The minimum absolute atomic E-state index is 0.634. The lowest BCUT2D eigenvalue weighted by Gasteiger charge is -2.17. The van der Waals surface area contributed by atoms with E-state index in [1.807, 2.05) is 12.1 Å². The first-order chi connectivity index (χ1) is 10.1. The molecular formula is C16H19BrClN3. The molecule has 112 valence electrons. The van der Waals surface area contributed by atoms with Crippen LogP contribution in [0.1, 0.15) is 12.0 Å². The fraction of sp³-hybridized carbons (Fsp3) is 0.312. The molecule has 2 rings (SSSR count). The van der Waals surface area contributed by atoms with Gasteiger partial charge in [0.1, 0.15) is 5.82 Å². The summed E-state index contributed by atoms with van der Waals surface area (Å²) in [5.74, 6) is 0.838. The molecule has 21 heavy (non-hydrogen) atoms. The minimum atomic E-state index is 0.634. The van der Waals surface area contributed by atoms with Crippen molar-refractivity contribution in [3.05, 3.63) is 57.7 Å². The fourth-order valence-electron chi connectivity index (χ4n) is 2.07. The highest BCUT2D eigenvalue weighted by molar-refractivity contribution is 9.10. The van der Waals surface area contributed by atoms with Crippen molar-refractivity contribution < 1.29 is 0 Å². The average molecular weight is 369 g/mol. The Kier molecular flexibility index (Phi) is 6.49. The van der Waals surface area contributed by atoms with Crippen molar-refractivity contribution in [2.45, 2.75) is 13.0 Å². The number of hydrogen-bond acceptors (Lipinski definition) is 3. The van der Waals surface area contributed by atoms with Crippen LogP contribution in [0, 0.1) is 0 Å². The summed E-state index contributed by atoms with van der Waals surface area (Å²) in [6, 6.07) is 12.4. The molecule has 5 heteroatoms. The Morgan fingerprint density at radius 3 is 2.76 bits per heavy atom. The van der Waals surface area contributed by atoms with Crippen molar-refractivity contribution in [3.8, 4) is 0 Å². The van der Waals surface area contributed by atoms with E-state index in [-0.39, 0.29) is 0 Å². The van der Waals surface area contributed by atoms with Gasteiger partial charge < -0.3 is 10.2 Å². The molecule has 0 aliphatic heterocycles. The number of aromatic nitrogens is 1. The maximum Gasteiger partial charge on any atom is 0.140 e. The van der Waals surface area contributed by atoms with Crippen LogP contribution in [-0.2, 0) is 6.54 Å². The molecule has 1 heterocycles. The van der Waals surface area contributed by atoms with Crippen LogP contribution in [0.3, 0.4) is 0 Å². The third kappa shape index (κ3) is 5.65. The van der Waals surface area contributed by atoms with Crippen LogP contribution in [0.2, 0.25) is 5.02 Å². The molecular weight excluding hydrogens is 350 g/mol. The number of anilines is 1. The molecule has 0 amide bonds. The first-order valence-electron chi connectivity index (χ1n) is 6.92. The van der Waals surface area contributed by atoms with Crippen molar-refractivity contribution >= 4 is 33.3 Å². The van der Waals surface area contributed by atoms with E-state index >= 15 is 0 Å². The standard InChI is InChI=1S/C16H19BrClN3/c1-21(12-13-6-3-2-4-7-13)9-5-8-19-16-15(17)10-14(18)11-20-16/h2-4,6-7,10-11H,5,8-9,12H2,1H3,(H,19,20). The Hall–Kier alpha value is -1.10. The predicted molar refractivity (Wildman–Crippen MR) is 92.8 cm³/mol. The molecule has 2 aromatic rings. The lowest BCUT2D eigenvalue weighted by atomic mass is 10.2. The number of pyridine rings is 1. The molecule has 0 radical (unpaired) electrons. The van der Waals surface area contributed by atoms with Gasteiger partial charge >= 0.3 is 0 Å². The van der Waals surface area contributed by atoms with E-state index in [1.165, 1.54) is 5.56 Å². The van der Waals surface area contributed by atoms with Crippen LogP contribution in [-0.4, -0.2) is 30.0 Å². The monoisotopic (exact) mass is 367 g/mol. The molecule has 0 aliphatic carbocycles. The highest BCUT2D eigenvalue weighted by atomic mass is 79.9. The molecule has 0 aliphatic rings. The van der Waals surface area contributed by atoms with Crippen LogP contribution in [0.5, 0.6) is 0 Å². The molecule has 0 saturated carbocycles. The van der Waals surface area contributed by atoms with Crippen LogP contribution in [0.4, 0.5) is 5.82 Å². The third-order valence-corrected chi connectivity index (χ3v) is 3.92. The summed E-state index contributed by atoms with van der Waals surface area (Å²) in [6.07, 6.45) is 2.70.